The Morgan fingerprint density at radius 2 is 1.90 bits per heavy atom. The Kier molecular flexibility index (Phi) is 6.01. The molecule has 20 heavy (non-hydrogen) atoms. The van der Waals surface area contributed by atoms with E-state index in [1.165, 1.54) is 18.2 Å². The van der Waals surface area contributed by atoms with Crippen molar-refractivity contribution in [2.45, 2.75) is 18.2 Å². The minimum Gasteiger partial charge on any atom is -0.478 e. The Morgan fingerprint density at radius 3 is 2.35 bits per heavy atom. The summed E-state index contributed by atoms with van der Waals surface area (Å²) < 4.78 is 26.4. The average molecular weight is 338 g/mol. The largest absolute Gasteiger partial charge is 0.478 e. The summed E-state index contributed by atoms with van der Waals surface area (Å²) in [5.74, 6) is -1.13. The van der Waals surface area contributed by atoms with Gasteiger partial charge in [-0.15, -0.1) is 0 Å². The molecule has 0 atom stereocenters. The molecule has 1 aromatic rings. The standard InChI is InChI=1S/C12H13Cl2NO4S/c1-2-5-15-20(18,19)12-9(13)6-8(7-10(12)14)3-4-11(16)17/h3-4,6-7,15H,2,5H2,1H3,(H,16,17). The number of carboxylic acid groups (broad SMARTS) is 1. The summed E-state index contributed by atoms with van der Waals surface area (Å²) in [6, 6.07) is 2.68. The summed E-state index contributed by atoms with van der Waals surface area (Å²) in [7, 11) is -3.79. The zero-order chi connectivity index (χ0) is 15.3. The molecule has 1 rings (SSSR count). The number of aliphatic carboxylic acids is 1. The molecule has 0 bridgehead atoms. The lowest BCUT2D eigenvalue weighted by atomic mass is 10.2. The second kappa shape index (κ2) is 7.08. The van der Waals surface area contributed by atoms with Gasteiger partial charge >= 0.3 is 5.97 Å². The first-order valence-corrected chi connectivity index (χ1v) is 7.91. The van der Waals surface area contributed by atoms with Gasteiger partial charge in [0.15, 0.2) is 0 Å². The lowest BCUT2D eigenvalue weighted by molar-refractivity contribution is -0.131. The number of rotatable bonds is 6. The predicted molar refractivity (Wildman–Crippen MR) is 78.6 cm³/mol. The summed E-state index contributed by atoms with van der Waals surface area (Å²) >= 11 is 11.9. The van der Waals surface area contributed by atoms with E-state index < -0.39 is 16.0 Å². The Morgan fingerprint density at radius 1 is 1.35 bits per heavy atom. The fraction of sp³-hybridized carbons (Fsp3) is 0.250. The molecule has 0 aliphatic heterocycles. The summed E-state index contributed by atoms with van der Waals surface area (Å²) in [5.41, 5.74) is 0.400. The third-order valence-electron chi connectivity index (χ3n) is 2.25. The van der Waals surface area contributed by atoms with Crippen LogP contribution in [0.3, 0.4) is 0 Å². The van der Waals surface area contributed by atoms with Crippen LogP contribution in [0.2, 0.25) is 10.0 Å². The maximum absolute atomic E-state index is 12.0. The molecule has 0 saturated carbocycles. The van der Waals surface area contributed by atoms with Gasteiger partial charge in [-0.3, -0.25) is 0 Å². The first-order valence-electron chi connectivity index (χ1n) is 5.67. The highest BCUT2D eigenvalue weighted by Gasteiger charge is 2.21. The third kappa shape index (κ3) is 4.49. The maximum atomic E-state index is 12.0. The normalized spacial score (nSPS) is 11.9. The highest BCUT2D eigenvalue weighted by molar-refractivity contribution is 7.89. The molecule has 0 aromatic heterocycles. The van der Waals surface area contributed by atoms with Crippen LogP contribution in [0.1, 0.15) is 18.9 Å². The number of sulfonamides is 1. The summed E-state index contributed by atoms with van der Waals surface area (Å²) in [6.07, 6.45) is 2.81. The van der Waals surface area contributed by atoms with Crippen LogP contribution in [0.25, 0.3) is 6.08 Å². The Bertz CT molecular complexity index is 618. The highest BCUT2D eigenvalue weighted by atomic mass is 35.5. The van der Waals surface area contributed by atoms with Crippen LogP contribution < -0.4 is 4.72 Å². The first kappa shape index (κ1) is 17.0. The fourth-order valence-corrected chi connectivity index (χ4v) is 3.77. The predicted octanol–water partition coefficient (Wildman–Crippen LogP) is 2.78. The number of hydrogen-bond donors (Lipinski definition) is 2. The SMILES string of the molecule is CCCNS(=O)(=O)c1c(Cl)cc(C=CC(=O)O)cc1Cl. The van der Waals surface area contributed by atoms with Gasteiger partial charge in [0, 0.05) is 12.6 Å². The third-order valence-corrected chi connectivity index (χ3v) is 4.63. The van der Waals surface area contributed by atoms with Crippen LogP contribution >= 0.6 is 23.2 Å². The molecule has 0 aliphatic carbocycles. The van der Waals surface area contributed by atoms with Gasteiger partial charge in [0.1, 0.15) is 4.90 Å². The van der Waals surface area contributed by atoms with Crippen LogP contribution in [0.5, 0.6) is 0 Å². The molecule has 0 aliphatic rings. The van der Waals surface area contributed by atoms with E-state index in [-0.39, 0.29) is 21.5 Å². The Hall–Kier alpha value is -1.08. The van der Waals surface area contributed by atoms with Gasteiger partial charge in [0.25, 0.3) is 0 Å². The van der Waals surface area contributed by atoms with Crippen molar-refractivity contribution >= 4 is 45.3 Å². The molecule has 0 amide bonds. The summed E-state index contributed by atoms with van der Waals surface area (Å²) in [6.45, 7) is 2.10. The van der Waals surface area contributed by atoms with Crippen LogP contribution in [0, 0.1) is 0 Å². The lowest BCUT2D eigenvalue weighted by Crippen LogP contribution is -2.25. The molecule has 0 heterocycles. The van der Waals surface area contributed by atoms with Crippen molar-refractivity contribution in [3.05, 3.63) is 33.8 Å². The van der Waals surface area contributed by atoms with Crippen molar-refractivity contribution in [3.63, 3.8) is 0 Å². The van der Waals surface area contributed by atoms with E-state index in [9.17, 15) is 13.2 Å². The highest BCUT2D eigenvalue weighted by Crippen LogP contribution is 2.31. The number of benzene rings is 1. The molecule has 0 radical (unpaired) electrons. The van der Waals surface area contributed by atoms with Crippen molar-refractivity contribution < 1.29 is 18.3 Å². The van der Waals surface area contributed by atoms with Crippen molar-refractivity contribution in [3.8, 4) is 0 Å². The van der Waals surface area contributed by atoms with E-state index in [1.807, 2.05) is 6.92 Å². The van der Waals surface area contributed by atoms with E-state index in [1.54, 1.807) is 0 Å². The number of carboxylic acids is 1. The van der Waals surface area contributed by atoms with E-state index in [2.05, 4.69) is 4.72 Å². The van der Waals surface area contributed by atoms with Gasteiger partial charge in [0.2, 0.25) is 10.0 Å². The zero-order valence-electron chi connectivity index (χ0n) is 10.6. The second-order valence-corrected chi connectivity index (χ2v) is 6.40. The zero-order valence-corrected chi connectivity index (χ0v) is 12.9. The minimum absolute atomic E-state index is 0.0638. The first-order chi connectivity index (χ1) is 9.27. The summed E-state index contributed by atoms with van der Waals surface area (Å²) in [5, 5.41) is 8.41. The average Bonchev–Trinajstić information content (AvgIpc) is 2.32. The van der Waals surface area contributed by atoms with Crippen LogP contribution in [-0.2, 0) is 14.8 Å². The molecule has 2 N–H and O–H groups in total. The van der Waals surface area contributed by atoms with Gasteiger partial charge in [-0.25, -0.2) is 17.9 Å². The maximum Gasteiger partial charge on any atom is 0.328 e. The smallest absolute Gasteiger partial charge is 0.328 e. The molecule has 0 unspecified atom stereocenters. The van der Waals surface area contributed by atoms with Gasteiger partial charge < -0.3 is 5.11 Å². The molecule has 0 spiro atoms. The molecule has 8 heteroatoms. The van der Waals surface area contributed by atoms with E-state index in [0.29, 0.717) is 12.0 Å². The number of halogens is 2. The van der Waals surface area contributed by atoms with Crippen LogP contribution in [0.15, 0.2) is 23.1 Å². The molecule has 0 fully saturated rings. The van der Waals surface area contributed by atoms with Crippen molar-refractivity contribution in [2.75, 3.05) is 6.54 Å². The number of hydrogen-bond acceptors (Lipinski definition) is 3. The number of nitrogens with one attached hydrogen (secondary N) is 1. The Balaban J connectivity index is 3.22. The molecule has 5 nitrogen and oxygen atoms in total. The van der Waals surface area contributed by atoms with Gasteiger partial charge in [0.05, 0.1) is 10.0 Å². The van der Waals surface area contributed by atoms with E-state index in [0.717, 1.165) is 6.08 Å². The van der Waals surface area contributed by atoms with Crippen molar-refractivity contribution in [1.82, 2.24) is 4.72 Å². The molecular formula is C12H13Cl2NO4S. The van der Waals surface area contributed by atoms with Gasteiger partial charge in [-0.2, -0.15) is 0 Å². The monoisotopic (exact) mass is 337 g/mol. The van der Waals surface area contributed by atoms with E-state index >= 15 is 0 Å². The van der Waals surface area contributed by atoms with Crippen LogP contribution in [-0.4, -0.2) is 26.0 Å². The topological polar surface area (TPSA) is 83.5 Å². The minimum atomic E-state index is -3.79. The van der Waals surface area contributed by atoms with Crippen molar-refractivity contribution in [1.29, 1.82) is 0 Å². The second-order valence-electron chi connectivity index (χ2n) is 3.88. The summed E-state index contributed by atoms with van der Waals surface area (Å²) in [4.78, 5) is 10.2. The molecule has 1 aromatic carbocycles. The Labute approximate surface area is 127 Å². The van der Waals surface area contributed by atoms with E-state index in [4.69, 9.17) is 28.3 Å². The van der Waals surface area contributed by atoms with Gasteiger partial charge in [-0.05, 0) is 30.2 Å². The fourth-order valence-electron chi connectivity index (χ4n) is 1.41. The number of carbonyl (C=O) groups is 1. The van der Waals surface area contributed by atoms with Gasteiger partial charge in [-0.1, -0.05) is 30.1 Å². The quantitative estimate of drug-likeness (QED) is 0.781. The molecular weight excluding hydrogens is 325 g/mol. The van der Waals surface area contributed by atoms with Crippen molar-refractivity contribution in [2.24, 2.45) is 0 Å². The lowest BCUT2D eigenvalue weighted by Gasteiger charge is -2.10. The molecule has 0 saturated heterocycles. The molecule has 110 valence electrons. The van der Waals surface area contributed by atoms with Crippen LogP contribution in [0.4, 0.5) is 0 Å².